The number of amides is 1. The van der Waals surface area contributed by atoms with Crippen molar-refractivity contribution in [2.75, 3.05) is 0 Å². The van der Waals surface area contributed by atoms with E-state index in [1.807, 2.05) is 59.5 Å². The van der Waals surface area contributed by atoms with E-state index in [0.29, 0.717) is 28.6 Å². The van der Waals surface area contributed by atoms with Gasteiger partial charge in [-0.2, -0.15) is 10.2 Å². The summed E-state index contributed by atoms with van der Waals surface area (Å²) in [6.07, 6.45) is 3.90. The Morgan fingerprint density at radius 1 is 1.29 bits per heavy atom. The number of benzene rings is 1. The topological polar surface area (TPSA) is 93.4 Å². The molecule has 0 atom stereocenters. The first-order chi connectivity index (χ1) is 15.0. The average Bonchev–Trinajstić information content (AvgIpc) is 3.40. The number of pyridine rings is 1. The van der Waals surface area contributed by atoms with Crippen LogP contribution in [0, 0.1) is 4.77 Å². The lowest BCUT2D eigenvalue weighted by Crippen LogP contribution is -2.25. The van der Waals surface area contributed by atoms with Crippen LogP contribution in [0.25, 0.3) is 22.3 Å². The van der Waals surface area contributed by atoms with Gasteiger partial charge < -0.3 is 5.32 Å². The van der Waals surface area contributed by atoms with Gasteiger partial charge in [0.15, 0.2) is 16.2 Å². The molecule has 0 unspecified atom stereocenters. The summed E-state index contributed by atoms with van der Waals surface area (Å²) >= 11 is 5.34. The average molecular weight is 434 g/mol. The van der Waals surface area contributed by atoms with Gasteiger partial charge in [-0.05, 0) is 45.0 Å². The normalized spacial score (nSPS) is 13.8. The summed E-state index contributed by atoms with van der Waals surface area (Å²) in [5, 5.41) is 15.4. The highest BCUT2D eigenvalue weighted by atomic mass is 32.1. The van der Waals surface area contributed by atoms with E-state index in [1.54, 1.807) is 6.20 Å². The number of H-pyrrole nitrogens is 1. The number of nitrogens with one attached hydrogen (secondary N) is 2. The van der Waals surface area contributed by atoms with Gasteiger partial charge in [0.25, 0.3) is 5.91 Å². The van der Waals surface area contributed by atoms with Gasteiger partial charge in [-0.1, -0.05) is 30.3 Å². The molecule has 158 valence electrons. The molecule has 1 aliphatic rings. The Morgan fingerprint density at radius 2 is 2.06 bits per heavy atom. The number of hydrogen-bond donors (Lipinski definition) is 2. The molecule has 1 saturated carbocycles. The summed E-state index contributed by atoms with van der Waals surface area (Å²) in [5.41, 5.74) is 2.93. The van der Waals surface area contributed by atoms with Crippen LogP contribution >= 0.6 is 12.2 Å². The molecule has 0 bridgehead atoms. The first-order valence-electron chi connectivity index (χ1n) is 10.4. The smallest absolute Gasteiger partial charge is 0.252 e. The molecule has 0 radical (unpaired) electrons. The van der Waals surface area contributed by atoms with Crippen molar-refractivity contribution in [2.45, 2.75) is 45.3 Å². The molecule has 1 aromatic carbocycles. The number of aromatic nitrogens is 6. The lowest BCUT2D eigenvalue weighted by atomic mass is 10.1. The highest BCUT2D eigenvalue weighted by Crippen LogP contribution is 2.35. The predicted molar refractivity (Wildman–Crippen MR) is 120 cm³/mol. The van der Waals surface area contributed by atoms with Crippen LogP contribution in [-0.2, 0) is 6.54 Å². The molecule has 3 aromatic heterocycles. The standard InChI is InChI=1S/C22H23N7OS/c1-13(2)29-20-17(11-24-29)16(10-18(25-20)14-6-4-3-5-7-14)21(30)23-12-19-26-27-22(31)28(19)15-8-9-15/h3-7,10-11,13,15H,8-9,12H2,1-2H3,(H,23,30)(H,27,31). The minimum atomic E-state index is -0.191. The highest BCUT2D eigenvalue weighted by Gasteiger charge is 2.27. The Morgan fingerprint density at radius 3 is 2.77 bits per heavy atom. The maximum atomic E-state index is 13.2. The van der Waals surface area contributed by atoms with Crippen LogP contribution in [-0.4, -0.2) is 35.4 Å². The Labute approximate surface area is 184 Å². The van der Waals surface area contributed by atoms with Gasteiger partial charge in [0.1, 0.15) is 0 Å². The zero-order valence-electron chi connectivity index (χ0n) is 17.4. The van der Waals surface area contributed by atoms with Crippen molar-refractivity contribution >= 4 is 29.2 Å². The van der Waals surface area contributed by atoms with Crippen LogP contribution in [0.4, 0.5) is 0 Å². The van der Waals surface area contributed by atoms with Crippen molar-refractivity contribution in [3.05, 3.63) is 58.8 Å². The third kappa shape index (κ3) is 3.65. The lowest BCUT2D eigenvalue weighted by Gasteiger charge is -2.11. The van der Waals surface area contributed by atoms with Gasteiger partial charge in [-0.15, -0.1) is 0 Å². The van der Waals surface area contributed by atoms with Crippen molar-refractivity contribution in [2.24, 2.45) is 0 Å². The van der Waals surface area contributed by atoms with E-state index in [1.165, 1.54) is 0 Å². The second kappa shape index (κ2) is 7.73. The number of rotatable bonds is 6. The third-order valence-electron chi connectivity index (χ3n) is 5.47. The molecular formula is C22H23N7OS. The molecule has 0 aliphatic heterocycles. The zero-order chi connectivity index (χ0) is 21.5. The van der Waals surface area contributed by atoms with Crippen molar-refractivity contribution < 1.29 is 4.79 Å². The Balaban J connectivity index is 1.52. The van der Waals surface area contributed by atoms with Crippen LogP contribution in [0.15, 0.2) is 42.6 Å². The number of aromatic amines is 1. The van der Waals surface area contributed by atoms with E-state index < -0.39 is 0 Å². The van der Waals surface area contributed by atoms with Crippen LogP contribution in [0.3, 0.4) is 0 Å². The SMILES string of the molecule is CC(C)n1ncc2c(C(=O)NCc3n[nH]c(=S)n3C3CC3)cc(-c3ccccc3)nc21. The monoisotopic (exact) mass is 433 g/mol. The fourth-order valence-corrected chi connectivity index (χ4v) is 4.07. The molecule has 1 amide bonds. The highest BCUT2D eigenvalue weighted by molar-refractivity contribution is 7.71. The molecule has 4 aromatic rings. The Kier molecular flexibility index (Phi) is 4.90. The lowest BCUT2D eigenvalue weighted by molar-refractivity contribution is 0.0951. The van der Waals surface area contributed by atoms with Crippen LogP contribution in [0.5, 0.6) is 0 Å². The summed E-state index contributed by atoms with van der Waals surface area (Å²) in [7, 11) is 0. The maximum Gasteiger partial charge on any atom is 0.252 e. The van der Waals surface area contributed by atoms with E-state index in [2.05, 4.69) is 20.6 Å². The van der Waals surface area contributed by atoms with E-state index in [0.717, 1.165) is 35.3 Å². The molecule has 9 heteroatoms. The predicted octanol–water partition coefficient (Wildman–Crippen LogP) is 4.20. The Hall–Kier alpha value is -3.33. The van der Waals surface area contributed by atoms with Gasteiger partial charge in [0, 0.05) is 17.6 Å². The van der Waals surface area contributed by atoms with Crippen LogP contribution < -0.4 is 5.32 Å². The zero-order valence-corrected chi connectivity index (χ0v) is 18.2. The van der Waals surface area contributed by atoms with E-state index in [-0.39, 0.29) is 11.9 Å². The van der Waals surface area contributed by atoms with Crippen LogP contribution in [0.1, 0.15) is 55.0 Å². The first-order valence-corrected chi connectivity index (χ1v) is 10.8. The molecule has 31 heavy (non-hydrogen) atoms. The molecule has 8 nitrogen and oxygen atoms in total. The van der Waals surface area contributed by atoms with Crippen LogP contribution in [0.2, 0.25) is 0 Å². The fraction of sp³-hybridized carbons (Fsp3) is 0.318. The van der Waals surface area contributed by atoms with Gasteiger partial charge in [0.2, 0.25) is 0 Å². The van der Waals surface area contributed by atoms with E-state index >= 15 is 0 Å². The minimum absolute atomic E-state index is 0.124. The molecule has 5 rings (SSSR count). The largest absolute Gasteiger partial charge is 0.345 e. The Bertz CT molecular complexity index is 1310. The summed E-state index contributed by atoms with van der Waals surface area (Å²) in [5.74, 6) is 0.552. The number of carbonyl (C=O) groups is 1. The molecular weight excluding hydrogens is 410 g/mol. The van der Waals surface area contributed by atoms with Gasteiger partial charge in [-0.25, -0.2) is 9.67 Å². The molecule has 0 saturated heterocycles. The number of hydrogen-bond acceptors (Lipinski definition) is 5. The third-order valence-corrected chi connectivity index (χ3v) is 5.75. The number of nitrogens with zero attached hydrogens (tertiary/aromatic N) is 5. The quantitative estimate of drug-likeness (QED) is 0.445. The molecule has 2 N–H and O–H groups in total. The summed E-state index contributed by atoms with van der Waals surface area (Å²) in [6, 6.07) is 12.2. The molecule has 1 fully saturated rings. The van der Waals surface area contributed by atoms with Crippen molar-refractivity contribution in [1.82, 2.24) is 34.8 Å². The van der Waals surface area contributed by atoms with Gasteiger partial charge >= 0.3 is 0 Å². The number of fused-ring (bicyclic) bond motifs is 1. The minimum Gasteiger partial charge on any atom is -0.345 e. The van der Waals surface area contributed by atoms with E-state index in [4.69, 9.17) is 17.2 Å². The maximum absolute atomic E-state index is 13.2. The summed E-state index contributed by atoms with van der Waals surface area (Å²) in [4.78, 5) is 18.1. The van der Waals surface area contributed by atoms with Crippen molar-refractivity contribution in [1.29, 1.82) is 0 Å². The second-order valence-corrected chi connectivity index (χ2v) is 8.46. The molecule has 0 spiro atoms. The molecule has 3 heterocycles. The van der Waals surface area contributed by atoms with Gasteiger partial charge in [0.05, 0.1) is 29.4 Å². The molecule has 1 aliphatic carbocycles. The van der Waals surface area contributed by atoms with Crippen molar-refractivity contribution in [3.8, 4) is 11.3 Å². The number of carbonyl (C=O) groups excluding carboxylic acids is 1. The first kappa shape index (κ1) is 19.6. The van der Waals surface area contributed by atoms with Gasteiger partial charge in [-0.3, -0.25) is 14.5 Å². The summed E-state index contributed by atoms with van der Waals surface area (Å²) < 4.78 is 4.45. The van der Waals surface area contributed by atoms with Crippen molar-refractivity contribution in [3.63, 3.8) is 0 Å². The van der Waals surface area contributed by atoms with E-state index in [9.17, 15) is 4.79 Å². The fourth-order valence-electron chi connectivity index (χ4n) is 3.77. The summed E-state index contributed by atoms with van der Waals surface area (Å²) in [6.45, 7) is 4.39. The second-order valence-electron chi connectivity index (χ2n) is 8.07.